The van der Waals surface area contributed by atoms with Crippen molar-refractivity contribution in [3.63, 3.8) is 0 Å². The Morgan fingerprint density at radius 2 is 1.96 bits per heavy atom. The molecule has 1 aliphatic heterocycles. The summed E-state index contributed by atoms with van der Waals surface area (Å²) >= 11 is 0. The monoisotopic (exact) mass is 339 g/mol. The van der Waals surface area contributed by atoms with Crippen LogP contribution < -0.4 is 0 Å². The Labute approximate surface area is 146 Å². The molecule has 0 aliphatic carbocycles. The maximum absolute atomic E-state index is 12.9. The molecule has 6 heteroatoms. The average Bonchev–Trinajstić information content (AvgIpc) is 3.11. The van der Waals surface area contributed by atoms with E-state index in [1.165, 1.54) is 0 Å². The van der Waals surface area contributed by atoms with E-state index >= 15 is 0 Å². The van der Waals surface area contributed by atoms with Crippen LogP contribution in [0.2, 0.25) is 0 Å². The molecule has 2 aromatic rings. The highest BCUT2D eigenvalue weighted by Gasteiger charge is 2.34. The number of carbonyl (C=O) groups is 1. The molecule has 130 valence electrons. The Hall–Kier alpha value is -2.62. The summed E-state index contributed by atoms with van der Waals surface area (Å²) in [6, 6.07) is 14.8. The number of hydrogen-bond acceptors (Lipinski definition) is 4. The van der Waals surface area contributed by atoms with Crippen LogP contribution in [0.25, 0.3) is 0 Å². The molecule has 0 bridgehead atoms. The predicted molar refractivity (Wildman–Crippen MR) is 91.7 cm³/mol. The molecule has 0 radical (unpaired) electrons. The molecule has 0 unspecified atom stereocenters. The second kappa shape index (κ2) is 7.51. The highest BCUT2D eigenvalue weighted by atomic mass is 16.5. The third-order valence-corrected chi connectivity index (χ3v) is 4.45. The number of rotatable bonds is 5. The first kappa shape index (κ1) is 17.2. The van der Waals surface area contributed by atoms with E-state index in [9.17, 15) is 9.90 Å². The molecule has 3 rings (SSSR count). The van der Waals surface area contributed by atoms with Gasteiger partial charge in [0.25, 0.3) is 5.91 Å². The van der Waals surface area contributed by atoms with E-state index < -0.39 is 5.60 Å². The predicted octanol–water partition coefficient (Wildman–Crippen LogP) is 2.07. The largest absolute Gasteiger partial charge is 0.388 e. The van der Waals surface area contributed by atoms with Gasteiger partial charge in [-0.05, 0) is 17.7 Å². The van der Waals surface area contributed by atoms with Gasteiger partial charge < -0.3 is 19.7 Å². The Morgan fingerprint density at radius 3 is 2.60 bits per heavy atom. The van der Waals surface area contributed by atoms with Crippen LogP contribution in [0.3, 0.4) is 0 Å². The number of H-pyrrole nitrogens is 1. The van der Waals surface area contributed by atoms with E-state index in [2.05, 4.69) is 4.98 Å². The van der Waals surface area contributed by atoms with Gasteiger partial charge in [-0.2, -0.15) is 5.26 Å². The zero-order chi connectivity index (χ0) is 17.7. The van der Waals surface area contributed by atoms with Gasteiger partial charge in [0.1, 0.15) is 17.5 Å². The van der Waals surface area contributed by atoms with Crippen LogP contribution >= 0.6 is 0 Å². The fourth-order valence-electron chi connectivity index (χ4n) is 3.02. The smallest absolute Gasteiger partial charge is 0.270 e. The zero-order valence-corrected chi connectivity index (χ0v) is 13.9. The Balaban J connectivity index is 1.82. The quantitative estimate of drug-likeness (QED) is 0.873. The minimum atomic E-state index is -0.951. The van der Waals surface area contributed by atoms with Crippen LogP contribution in [0, 0.1) is 11.3 Å². The number of nitriles is 1. The van der Waals surface area contributed by atoms with Gasteiger partial charge in [0.15, 0.2) is 0 Å². The van der Waals surface area contributed by atoms with Crippen LogP contribution in [0.1, 0.15) is 34.6 Å². The van der Waals surface area contributed by atoms with Crippen LogP contribution in [-0.4, -0.2) is 46.3 Å². The van der Waals surface area contributed by atoms with Crippen molar-refractivity contribution >= 4 is 5.91 Å². The molecule has 2 N–H and O–H groups in total. The fraction of sp³-hybridized carbons (Fsp3) is 0.368. The van der Waals surface area contributed by atoms with Crippen molar-refractivity contribution in [2.75, 3.05) is 19.8 Å². The van der Waals surface area contributed by atoms with Crippen LogP contribution in [0.15, 0.2) is 42.5 Å². The third-order valence-electron chi connectivity index (χ3n) is 4.45. The summed E-state index contributed by atoms with van der Waals surface area (Å²) in [5.41, 5.74) is 0.724. The first-order valence-electron chi connectivity index (χ1n) is 8.32. The molecule has 1 aromatic heterocycles. The van der Waals surface area contributed by atoms with Crippen molar-refractivity contribution in [3.8, 4) is 6.07 Å². The summed E-state index contributed by atoms with van der Waals surface area (Å²) in [6.07, 6.45) is 0.999. The van der Waals surface area contributed by atoms with Gasteiger partial charge in [-0.15, -0.1) is 0 Å². The van der Waals surface area contributed by atoms with E-state index in [0.717, 1.165) is 5.56 Å². The molecule has 0 spiro atoms. The second-order valence-electron chi connectivity index (χ2n) is 6.38. The molecule has 1 amide bonds. The Bertz CT molecular complexity index is 758. The average molecular weight is 339 g/mol. The maximum atomic E-state index is 12.9. The summed E-state index contributed by atoms with van der Waals surface area (Å²) in [5, 5.41) is 19.8. The molecule has 0 saturated carbocycles. The lowest BCUT2D eigenvalue weighted by atomic mass is 9.93. The molecule has 25 heavy (non-hydrogen) atoms. The van der Waals surface area contributed by atoms with Gasteiger partial charge in [-0.3, -0.25) is 4.79 Å². The topological polar surface area (TPSA) is 89.3 Å². The van der Waals surface area contributed by atoms with Crippen molar-refractivity contribution in [3.05, 3.63) is 59.4 Å². The lowest BCUT2D eigenvalue weighted by Gasteiger charge is -2.36. The van der Waals surface area contributed by atoms with Gasteiger partial charge in [0, 0.05) is 32.6 Å². The number of amides is 1. The van der Waals surface area contributed by atoms with Gasteiger partial charge in [-0.25, -0.2) is 0 Å². The molecular weight excluding hydrogens is 318 g/mol. The summed E-state index contributed by atoms with van der Waals surface area (Å²) in [7, 11) is 0. The van der Waals surface area contributed by atoms with E-state index in [0.29, 0.717) is 44.0 Å². The fourth-order valence-corrected chi connectivity index (χ4v) is 3.02. The number of ether oxygens (including phenoxy) is 1. The maximum Gasteiger partial charge on any atom is 0.270 e. The lowest BCUT2D eigenvalue weighted by molar-refractivity contribution is -0.0767. The number of hydrogen-bond donors (Lipinski definition) is 2. The van der Waals surface area contributed by atoms with Crippen molar-refractivity contribution in [2.45, 2.75) is 25.0 Å². The van der Waals surface area contributed by atoms with Crippen LogP contribution in [-0.2, 0) is 11.3 Å². The summed E-state index contributed by atoms with van der Waals surface area (Å²) in [5.74, 6) is -0.231. The normalized spacial score (nSPS) is 16.2. The third kappa shape index (κ3) is 4.27. The van der Waals surface area contributed by atoms with Gasteiger partial charge >= 0.3 is 0 Å². The van der Waals surface area contributed by atoms with Crippen LogP contribution in [0.4, 0.5) is 0 Å². The standard InChI is InChI=1S/C19H21N3O3/c20-12-16-6-7-17(21-16)18(23)22(13-15-4-2-1-3-5-15)14-19(24)8-10-25-11-9-19/h1-7,21,24H,8-11,13-14H2. The molecule has 1 aliphatic rings. The summed E-state index contributed by atoms with van der Waals surface area (Å²) < 4.78 is 5.32. The zero-order valence-electron chi connectivity index (χ0n) is 13.9. The molecule has 2 heterocycles. The number of aromatic amines is 1. The van der Waals surface area contributed by atoms with E-state index in [1.54, 1.807) is 17.0 Å². The molecular formula is C19H21N3O3. The Morgan fingerprint density at radius 1 is 1.24 bits per heavy atom. The SMILES string of the molecule is N#Cc1ccc(C(=O)N(Cc2ccccc2)CC2(O)CCOCC2)[nH]1. The minimum Gasteiger partial charge on any atom is -0.388 e. The Kier molecular flexibility index (Phi) is 5.17. The molecule has 1 aromatic carbocycles. The second-order valence-corrected chi connectivity index (χ2v) is 6.38. The van der Waals surface area contributed by atoms with E-state index in [-0.39, 0.29) is 12.5 Å². The van der Waals surface area contributed by atoms with E-state index in [4.69, 9.17) is 10.00 Å². The number of carbonyl (C=O) groups excluding carboxylic acids is 1. The first-order valence-corrected chi connectivity index (χ1v) is 8.32. The highest BCUT2D eigenvalue weighted by Crippen LogP contribution is 2.23. The number of aliphatic hydroxyl groups is 1. The van der Waals surface area contributed by atoms with Crippen molar-refractivity contribution in [2.24, 2.45) is 0 Å². The molecule has 1 fully saturated rings. The molecule has 6 nitrogen and oxygen atoms in total. The van der Waals surface area contributed by atoms with E-state index in [1.807, 2.05) is 36.4 Å². The van der Waals surface area contributed by atoms with Gasteiger partial charge in [0.05, 0.1) is 12.1 Å². The van der Waals surface area contributed by atoms with Crippen molar-refractivity contribution in [1.29, 1.82) is 5.26 Å². The van der Waals surface area contributed by atoms with Crippen molar-refractivity contribution in [1.82, 2.24) is 9.88 Å². The first-order chi connectivity index (χ1) is 12.1. The lowest BCUT2D eigenvalue weighted by Crippen LogP contribution is -2.48. The number of aromatic nitrogens is 1. The van der Waals surface area contributed by atoms with Crippen molar-refractivity contribution < 1.29 is 14.6 Å². The minimum absolute atomic E-state index is 0.227. The highest BCUT2D eigenvalue weighted by molar-refractivity contribution is 5.92. The number of nitrogens with one attached hydrogen (secondary N) is 1. The summed E-state index contributed by atoms with van der Waals surface area (Å²) in [6.45, 7) is 1.60. The molecule has 0 atom stereocenters. The summed E-state index contributed by atoms with van der Waals surface area (Å²) in [4.78, 5) is 17.4. The number of nitrogens with zero attached hydrogens (tertiary/aromatic N) is 2. The molecule has 1 saturated heterocycles. The van der Waals surface area contributed by atoms with Gasteiger partial charge in [0.2, 0.25) is 0 Å². The van der Waals surface area contributed by atoms with Crippen LogP contribution in [0.5, 0.6) is 0 Å². The van der Waals surface area contributed by atoms with Gasteiger partial charge in [-0.1, -0.05) is 30.3 Å². The number of benzene rings is 1.